The zero-order valence-corrected chi connectivity index (χ0v) is 9.92. The average molecular weight is 230 g/mol. The summed E-state index contributed by atoms with van der Waals surface area (Å²) >= 11 is 0. The molecule has 1 N–H and O–H groups in total. The lowest BCUT2D eigenvalue weighted by Gasteiger charge is -2.33. The van der Waals surface area contributed by atoms with Crippen LogP contribution in [0.2, 0.25) is 0 Å². The number of piperidine rings is 1. The molecule has 1 aliphatic rings. The number of aliphatic hydroxyl groups excluding tert-OH is 1. The molecule has 0 spiro atoms. The fourth-order valence-electron chi connectivity index (χ4n) is 2.28. The molecule has 90 valence electrons. The van der Waals surface area contributed by atoms with Gasteiger partial charge in [0.15, 0.2) is 0 Å². The maximum Gasteiger partial charge on any atom is 0.111 e. The van der Waals surface area contributed by atoms with Gasteiger partial charge < -0.3 is 5.11 Å². The van der Waals surface area contributed by atoms with Gasteiger partial charge in [-0.3, -0.25) is 4.90 Å². The van der Waals surface area contributed by atoms with Crippen molar-refractivity contribution in [2.24, 2.45) is 5.92 Å². The minimum absolute atomic E-state index is 0.176. The van der Waals surface area contributed by atoms with Crippen molar-refractivity contribution < 1.29 is 5.11 Å². The third kappa shape index (κ3) is 3.29. The summed E-state index contributed by atoms with van der Waals surface area (Å²) in [7, 11) is 0. The SMILES string of the molecule is N#CC1CCN(C(O)Cc2ccccc2)CC1. The number of hydrogen-bond acceptors (Lipinski definition) is 3. The summed E-state index contributed by atoms with van der Waals surface area (Å²) in [6.07, 6.45) is 2.00. The maximum absolute atomic E-state index is 10.1. The van der Waals surface area contributed by atoms with E-state index in [4.69, 9.17) is 5.26 Å². The Morgan fingerprint density at radius 2 is 1.94 bits per heavy atom. The van der Waals surface area contributed by atoms with E-state index in [-0.39, 0.29) is 5.92 Å². The van der Waals surface area contributed by atoms with E-state index in [2.05, 4.69) is 11.0 Å². The molecule has 0 amide bonds. The minimum Gasteiger partial charge on any atom is -0.378 e. The minimum atomic E-state index is -0.419. The quantitative estimate of drug-likeness (QED) is 0.861. The van der Waals surface area contributed by atoms with Crippen molar-refractivity contribution >= 4 is 0 Å². The number of aliphatic hydroxyl groups is 1. The van der Waals surface area contributed by atoms with Gasteiger partial charge in [0, 0.05) is 25.4 Å². The van der Waals surface area contributed by atoms with Gasteiger partial charge in [-0.05, 0) is 18.4 Å². The summed E-state index contributed by atoms with van der Waals surface area (Å²) in [4.78, 5) is 2.07. The molecule has 1 aromatic carbocycles. The maximum atomic E-state index is 10.1. The van der Waals surface area contributed by atoms with Crippen LogP contribution in [0.1, 0.15) is 18.4 Å². The second kappa shape index (κ2) is 5.81. The van der Waals surface area contributed by atoms with Crippen molar-refractivity contribution in [2.75, 3.05) is 13.1 Å². The molecule has 1 atom stereocenters. The Kier molecular flexibility index (Phi) is 4.13. The van der Waals surface area contributed by atoms with Crippen LogP contribution in [0.3, 0.4) is 0 Å². The van der Waals surface area contributed by atoms with Crippen LogP contribution >= 0.6 is 0 Å². The second-order valence-corrected chi connectivity index (χ2v) is 4.61. The molecule has 1 unspecified atom stereocenters. The van der Waals surface area contributed by atoms with Gasteiger partial charge in [-0.25, -0.2) is 0 Å². The highest BCUT2D eigenvalue weighted by Gasteiger charge is 2.23. The predicted molar refractivity (Wildman–Crippen MR) is 66.1 cm³/mol. The number of likely N-dealkylation sites (tertiary alicyclic amines) is 1. The van der Waals surface area contributed by atoms with Gasteiger partial charge in [0.1, 0.15) is 6.23 Å². The van der Waals surface area contributed by atoms with Crippen molar-refractivity contribution in [2.45, 2.75) is 25.5 Å². The molecule has 0 saturated carbocycles. The first-order valence-corrected chi connectivity index (χ1v) is 6.15. The van der Waals surface area contributed by atoms with Crippen LogP contribution in [-0.2, 0) is 6.42 Å². The van der Waals surface area contributed by atoms with Gasteiger partial charge in [0.2, 0.25) is 0 Å². The van der Waals surface area contributed by atoms with E-state index in [1.54, 1.807) is 0 Å². The summed E-state index contributed by atoms with van der Waals surface area (Å²) in [5.41, 5.74) is 1.16. The molecular weight excluding hydrogens is 212 g/mol. The van der Waals surface area contributed by atoms with Crippen molar-refractivity contribution in [3.8, 4) is 6.07 Å². The van der Waals surface area contributed by atoms with E-state index >= 15 is 0 Å². The van der Waals surface area contributed by atoms with Crippen LogP contribution in [0.5, 0.6) is 0 Å². The molecule has 3 nitrogen and oxygen atoms in total. The van der Waals surface area contributed by atoms with Crippen LogP contribution < -0.4 is 0 Å². The fraction of sp³-hybridized carbons (Fsp3) is 0.500. The second-order valence-electron chi connectivity index (χ2n) is 4.61. The summed E-state index contributed by atoms with van der Waals surface area (Å²) in [5.74, 6) is 0.176. The Morgan fingerprint density at radius 1 is 1.29 bits per heavy atom. The summed E-state index contributed by atoms with van der Waals surface area (Å²) in [6, 6.07) is 12.3. The van der Waals surface area contributed by atoms with E-state index in [0.29, 0.717) is 6.42 Å². The molecule has 17 heavy (non-hydrogen) atoms. The van der Waals surface area contributed by atoms with Crippen molar-refractivity contribution in [1.29, 1.82) is 5.26 Å². The van der Waals surface area contributed by atoms with Crippen LogP contribution in [-0.4, -0.2) is 29.3 Å². The molecule has 3 heteroatoms. The molecular formula is C14H18N2O. The first-order valence-electron chi connectivity index (χ1n) is 6.15. The zero-order chi connectivity index (χ0) is 12.1. The average Bonchev–Trinajstić information content (AvgIpc) is 2.40. The Balaban J connectivity index is 1.85. The van der Waals surface area contributed by atoms with E-state index in [0.717, 1.165) is 31.5 Å². The van der Waals surface area contributed by atoms with Gasteiger partial charge in [-0.1, -0.05) is 30.3 Å². The molecule has 1 aromatic rings. The largest absolute Gasteiger partial charge is 0.378 e. The third-order valence-corrected chi connectivity index (χ3v) is 3.39. The summed E-state index contributed by atoms with van der Waals surface area (Å²) in [5, 5.41) is 18.9. The number of nitriles is 1. The molecule has 0 radical (unpaired) electrons. The van der Waals surface area contributed by atoms with Crippen molar-refractivity contribution in [3.05, 3.63) is 35.9 Å². The Morgan fingerprint density at radius 3 is 2.53 bits per heavy atom. The molecule has 1 heterocycles. The number of benzene rings is 1. The predicted octanol–water partition coefficient (Wildman–Crippen LogP) is 1.78. The van der Waals surface area contributed by atoms with Crippen LogP contribution in [0.25, 0.3) is 0 Å². The fourth-order valence-corrected chi connectivity index (χ4v) is 2.28. The Hall–Kier alpha value is -1.37. The van der Waals surface area contributed by atoms with Gasteiger partial charge in [0.25, 0.3) is 0 Å². The highest BCUT2D eigenvalue weighted by Crippen LogP contribution is 2.18. The zero-order valence-electron chi connectivity index (χ0n) is 9.92. The van der Waals surface area contributed by atoms with Crippen LogP contribution in [0.15, 0.2) is 30.3 Å². The monoisotopic (exact) mass is 230 g/mol. The smallest absolute Gasteiger partial charge is 0.111 e. The third-order valence-electron chi connectivity index (χ3n) is 3.39. The van der Waals surface area contributed by atoms with Gasteiger partial charge >= 0.3 is 0 Å². The number of rotatable bonds is 3. The van der Waals surface area contributed by atoms with Crippen LogP contribution in [0, 0.1) is 17.2 Å². The number of nitrogens with zero attached hydrogens (tertiary/aromatic N) is 2. The highest BCUT2D eigenvalue weighted by atomic mass is 16.3. The normalized spacial score (nSPS) is 19.8. The molecule has 1 aliphatic heterocycles. The van der Waals surface area contributed by atoms with E-state index in [1.165, 1.54) is 0 Å². The Labute approximate surface area is 102 Å². The van der Waals surface area contributed by atoms with Gasteiger partial charge in [0.05, 0.1) is 6.07 Å². The first kappa shape index (κ1) is 12.1. The molecule has 0 aliphatic carbocycles. The van der Waals surface area contributed by atoms with E-state index in [9.17, 15) is 5.11 Å². The van der Waals surface area contributed by atoms with E-state index < -0.39 is 6.23 Å². The number of hydrogen-bond donors (Lipinski definition) is 1. The molecule has 1 fully saturated rings. The summed E-state index contributed by atoms with van der Waals surface area (Å²) < 4.78 is 0. The van der Waals surface area contributed by atoms with E-state index in [1.807, 2.05) is 30.3 Å². The highest BCUT2D eigenvalue weighted by molar-refractivity contribution is 5.15. The van der Waals surface area contributed by atoms with Gasteiger partial charge in [-0.15, -0.1) is 0 Å². The van der Waals surface area contributed by atoms with Crippen molar-refractivity contribution in [1.82, 2.24) is 4.90 Å². The first-order chi connectivity index (χ1) is 8.29. The van der Waals surface area contributed by atoms with Crippen molar-refractivity contribution in [3.63, 3.8) is 0 Å². The molecule has 1 saturated heterocycles. The molecule has 2 rings (SSSR count). The lowest BCUT2D eigenvalue weighted by atomic mass is 9.98. The lowest BCUT2D eigenvalue weighted by molar-refractivity contribution is -0.0119. The molecule has 0 aromatic heterocycles. The van der Waals surface area contributed by atoms with Crippen LogP contribution in [0.4, 0.5) is 0 Å². The lowest BCUT2D eigenvalue weighted by Crippen LogP contribution is -2.42. The Bertz CT molecular complexity index is 377. The molecule has 0 bridgehead atoms. The standard InChI is InChI=1S/C14H18N2O/c15-11-13-6-8-16(9-7-13)14(17)10-12-4-2-1-3-5-12/h1-5,13-14,17H,6-10H2. The topological polar surface area (TPSA) is 47.3 Å². The summed E-state index contributed by atoms with van der Waals surface area (Å²) in [6.45, 7) is 1.65. The van der Waals surface area contributed by atoms with Gasteiger partial charge in [-0.2, -0.15) is 5.26 Å².